The average Bonchev–Trinajstić information content (AvgIpc) is 2.77. The Labute approximate surface area is 184 Å². The molecule has 9 heteroatoms. The second-order valence-corrected chi connectivity index (χ2v) is 9.45. The summed E-state index contributed by atoms with van der Waals surface area (Å²) in [5, 5.41) is 2.72. The lowest BCUT2D eigenvalue weighted by molar-refractivity contribution is -0.120. The Balaban J connectivity index is 1.52. The Bertz CT molecular complexity index is 1230. The van der Waals surface area contributed by atoms with E-state index in [9.17, 15) is 18.0 Å². The van der Waals surface area contributed by atoms with Crippen LogP contribution in [0.25, 0.3) is 0 Å². The van der Waals surface area contributed by atoms with E-state index in [2.05, 4.69) is 10.0 Å². The normalized spacial score (nSPS) is 13.4. The number of sulfonamides is 1. The smallest absolute Gasteiger partial charge is 0.261 e. The van der Waals surface area contributed by atoms with E-state index in [1.54, 1.807) is 48.5 Å². The van der Waals surface area contributed by atoms with Crippen molar-refractivity contribution >= 4 is 50.7 Å². The summed E-state index contributed by atoms with van der Waals surface area (Å²) < 4.78 is 27.8. The molecular formula is C22H19N3O4S2. The topological polar surface area (TPSA) is 95.6 Å². The monoisotopic (exact) mass is 453 g/mol. The number of benzene rings is 3. The van der Waals surface area contributed by atoms with Gasteiger partial charge in [-0.2, -0.15) is 0 Å². The molecule has 3 aromatic carbocycles. The summed E-state index contributed by atoms with van der Waals surface area (Å²) in [6.45, 7) is -0.170. The van der Waals surface area contributed by atoms with E-state index in [4.69, 9.17) is 0 Å². The first-order valence-corrected chi connectivity index (χ1v) is 11.9. The first-order valence-electron chi connectivity index (χ1n) is 9.43. The number of hydrogen-bond donors (Lipinski definition) is 2. The second-order valence-electron chi connectivity index (χ2n) is 6.75. The van der Waals surface area contributed by atoms with Gasteiger partial charge in [-0.1, -0.05) is 42.5 Å². The lowest BCUT2D eigenvalue weighted by Gasteiger charge is -2.28. The molecule has 0 fully saturated rings. The third-order valence-corrected chi connectivity index (χ3v) is 7.04. The van der Waals surface area contributed by atoms with Gasteiger partial charge in [-0.15, -0.1) is 11.8 Å². The lowest BCUT2D eigenvalue weighted by Crippen LogP contribution is -2.41. The molecule has 0 spiro atoms. The van der Waals surface area contributed by atoms with E-state index < -0.39 is 15.9 Å². The van der Waals surface area contributed by atoms with E-state index in [1.165, 1.54) is 28.8 Å². The van der Waals surface area contributed by atoms with Gasteiger partial charge in [-0.3, -0.25) is 14.3 Å². The van der Waals surface area contributed by atoms with Gasteiger partial charge in [-0.25, -0.2) is 8.42 Å². The van der Waals surface area contributed by atoms with Crippen LogP contribution in [0.15, 0.2) is 88.7 Å². The summed E-state index contributed by atoms with van der Waals surface area (Å²) in [7, 11) is -3.82. The van der Waals surface area contributed by atoms with Gasteiger partial charge in [0.25, 0.3) is 10.0 Å². The first kappa shape index (κ1) is 21.0. The largest absolute Gasteiger partial charge is 0.323 e. The first-order chi connectivity index (χ1) is 14.9. The highest BCUT2D eigenvalue weighted by Crippen LogP contribution is 2.34. The molecule has 3 aromatic rings. The molecule has 7 nitrogen and oxygen atoms in total. The van der Waals surface area contributed by atoms with Crippen LogP contribution in [0.5, 0.6) is 0 Å². The number of para-hydroxylation sites is 3. The van der Waals surface area contributed by atoms with Gasteiger partial charge in [0.1, 0.15) is 6.54 Å². The number of nitrogens with zero attached hydrogens (tertiary/aromatic N) is 1. The average molecular weight is 454 g/mol. The van der Waals surface area contributed by atoms with Crippen molar-refractivity contribution < 1.29 is 18.0 Å². The van der Waals surface area contributed by atoms with Crippen LogP contribution >= 0.6 is 11.8 Å². The van der Waals surface area contributed by atoms with E-state index in [0.29, 0.717) is 11.4 Å². The summed E-state index contributed by atoms with van der Waals surface area (Å²) >= 11 is 1.44. The zero-order valence-electron chi connectivity index (χ0n) is 16.3. The lowest BCUT2D eigenvalue weighted by atomic mass is 10.2. The van der Waals surface area contributed by atoms with Gasteiger partial charge in [0.15, 0.2) is 0 Å². The molecule has 0 unspecified atom stereocenters. The van der Waals surface area contributed by atoms with Crippen LogP contribution in [-0.4, -0.2) is 32.5 Å². The van der Waals surface area contributed by atoms with Gasteiger partial charge in [0, 0.05) is 4.90 Å². The predicted molar refractivity (Wildman–Crippen MR) is 122 cm³/mol. The van der Waals surface area contributed by atoms with Crippen molar-refractivity contribution in [3.05, 3.63) is 78.9 Å². The Morgan fingerprint density at radius 3 is 2.32 bits per heavy atom. The van der Waals surface area contributed by atoms with Crippen molar-refractivity contribution in [1.29, 1.82) is 0 Å². The number of nitrogens with one attached hydrogen (secondary N) is 2. The van der Waals surface area contributed by atoms with Crippen LogP contribution in [0.1, 0.15) is 0 Å². The number of hydrogen-bond acceptors (Lipinski definition) is 5. The summed E-state index contributed by atoms with van der Waals surface area (Å²) in [6.07, 6.45) is 0. The molecule has 1 aliphatic rings. The van der Waals surface area contributed by atoms with Crippen LogP contribution in [0, 0.1) is 0 Å². The summed E-state index contributed by atoms with van der Waals surface area (Å²) in [5.41, 5.74) is 1.23. The van der Waals surface area contributed by atoms with Crippen molar-refractivity contribution in [3.8, 4) is 0 Å². The van der Waals surface area contributed by atoms with Crippen molar-refractivity contribution in [2.45, 2.75) is 9.79 Å². The van der Waals surface area contributed by atoms with E-state index in [0.717, 1.165) is 4.90 Å². The molecule has 4 rings (SSSR count). The molecular weight excluding hydrogens is 434 g/mol. The third kappa shape index (κ3) is 4.73. The highest BCUT2D eigenvalue weighted by Gasteiger charge is 2.26. The number of carbonyl (C=O) groups excluding carboxylic acids is 2. The second kappa shape index (κ2) is 8.83. The van der Waals surface area contributed by atoms with E-state index in [1.807, 2.05) is 18.2 Å². The van der Waals surface area contributed by atoms with Crippen LogP contribution in [0.3, 0.4) is 0 Å². The van der Waals surface area contributed by atoms with Crippen molar-refractivity contribution in [2.75, 3.05) is 27.2 Å². The zero-order valence-corrected chi connectivity index (χ0v) is 17.9. The molecule has 158 valence electrons. The fourth-order valence-corrected chi connectivity index (χ4v) is 5.18. The van der Waals surface area contributed by atoms with Gasteiger partial charge < -0.3 is 10.2 Å². The van der Waals surface area contributed by atoms with Crippen LogP contribution in [0.2, 0.25) is 0 Å². The molecule has 0 radical (unpaired) electrons. The van der Waals surface area contributed by atoms with Crippen molar-refractivity contribution in [1.82, 2.24) is 0 Å². The molecule has 1 aliphatic heterocycles. The predicted octanol–water partition coefficient (Wildman–Crippen LogP) is 3.56. The van der Waals surface area contributed by atoms with Crippen LogP contribution < -0.4 is 14.9 Å². The molecule has 1 heterocycles. The van der Waals surface area contributed by atoms with E-state index >= 15 is 0 Å². The maximum atomic E-state index is 12.7. The Kier molecular flexibility index (Phi) is 5.97. The Morgan fingerprint density at radius 2 is 1.55 bits per heavy atom. The molecule has 0 atom stereocenters. The Hall–Kier alpha value is -3.30. The maximum Gasteiger partial charge on any atom is 0.261 e. The maximum absolute atomic E-state index is 12.7. The molecule has 0 bridgehead atoms. The quantitative estimate of drug-likeness (QED) is 0.595. The summed E-state index contributed by atoms with van der Waals surface area (Å²) in [6, 6.07) is 21.9. The molecule has 0 saturated heterocycles. The van der Waals surface area contributed by atoms with Crippen molar-refractivity contribution in [2.24, 2.45) is 0 Å². The SMILES string of the molecule is O=C(CN1C(=O)CSc2ccccc21)Nc1ccccc1NS(=O)(=O)c1ccccc1. The summed E-state index contributed by atoms with van der Waals surface area (Å²) in [4.78, 5) is 27.6. The van der Waals surface area contributed by atoms with Gasteiger partial charge in [0.05, 0.1) is 27.7 Å². The zero-order chi connectivity index (χ0) is 21.8. The highest BCUT2D eigenvalue weighted by molar-refractivity contribution is 8.00. The highest BCUT2D eigenvalue weighted by atomic mass is 32.2. The number of amides is 2. The number of anilines is 3. The van der Waals surface area contributed by atoms with Crippen LogP contribution in [0.4, 0.5) is 17.1 Å². The minimum absolute atomic E-state index is 0.115. The minimum atomic E-state index is -3.82. The number of fused-ring (bicyclic) bond motifs is 1. The fraction of sp³-hybridized carbons (Fsp3) is 0.0909. The van der Waals surface area contributed by atoms with Gasteiger partial charge in [0.2, 0.25) is 11.8 Å². The molecule has 0 saturated carbocycles. The molecule has 2 amide bonds. The third-order valence-electron chi connectivity index (χ3n) is 4.61. The van der Waals surface area contributed by atoms with E-state index in [-0.39, 0.29) is 28.8 Å². The van der Waals surface area contributed by atoms with Crippen LogP contribution in [-0.2, 0) is 19.6 Å². The number of carbonyl (C=O) groups is 2. The Morgan fingerprint density at radius 1 is 0.903 bits per heavy atom. The number of thioether (sulfide) groups is 1. The fourth-order valence-electron chi connectivity index (χ4n) is 3.15. The van der Waals surface area contributed by atoms with Gasteiger partial charge in [-0.05, 0) is 36.4 Å². The molecule has 31 heavy (non-hydrogen) atoms. The van der Waals surface area contributed by atoms with Crippen molar-refractivity contribution in [3.63, 3.8) is 0 Å². The van der Waals surface area contributed by atoms with Gasteiger partial charge >= 0.3 is 0 Å². The standard InChI is InChI=1S/C22H19N3O4S2/c26-21(14-25-19-12-6-7-13-20(19)30-15-22(25)27)23-17-10-4-5-11-18(17)24-31(28,29)16-8-2-1-3-9-16/h1-13,24H,14-15H2,(H,23,26). The summed E-state index contributed by atoms with van der Waals surface area (Å²) in [5.74, 6) is -0.323. The molecule has 0 aliphatic carbocycles. The minimum Gasteiger partial charge on any atom is -0.323 e. The molecule has 0 aromatic heterocycles. The molecule has 2 N–H and O–H groups in total. The number of rotatable bonds is 6.